The monoisotopic (exact) mass is 277 g/mol. The van der Waals surface area contributed by atoms with Gasteiger partial charge in [0.25, 0.3) is 0 Å². The van der Waals surface area contributed by atoms with Crippen molar-refractivity contribution in [1.29, 1.82) is 0 Å². The molecule has 1 atom stereocenters. The van der Waals surface area contributed by atoms with Crippen molar-refractivity contribution in [3.63, 3.8) is 0 Å². The Bertz CT molecular complexity index is 508. The lowest BCUT2D eigenvalue weighted by molar-refractivity contribution is -0.117. The number of amides is 1. The van der Waals surface area contributed by atoms with Crippen LogP contribution in [0.15, 0.2) is 18.2 Å². The number of benzene rings is 1. The van der Waals surface area contributed by atoms with Crippen molar-refractivity contribution in [1.82, 2.24) is 5.32 Å². The highest BCUT2D eigenvalue weighted by Crippen LogP contribution is 2.34. The highest BCUT2D eigenvalue weighted by atomic mass is 16.3. The molecule has 1 amide bonds. The zero-order chi connectivity index (χ0) is 14.9. The highest BCUT2D eigenvalue weighted by Gasteiger charge is 2.30. The number of fused-ring (bicyclic) bond motifs is 1. The van der Waals surface area contributed by atoms with Gasteiger partial charge in [-0.2, -0.15) is 0 Å². The van der Waals surface area contributed by atoms with Crippen molar-refractivity contribution >= 4 is 17.3 Å². The number of likely N-dealkylation sites (N-methyl/N-ethyl adjacent to an activating group) is 2. The van der Waals surface area contributed by atoms with Crippen molar-refractivity contribution < 1.29 is 9.90 Å². The van der Waals surface area contributed by atoms with Crippen LogP contribution in [0.1, 0.15) is 32.4 Å². The molecule has 1 aromatic carbocycles. The molecule has 5 nitrogen and oxygen atoms in total. The molecule has 0 saturated heterocycles. The molecule has 20 heavy (non-hydrogen) atoms. The van der Waals surface area contributed by atoms with E-state index < -0.39 is 5.60 Å². The second-order valence-electron chi connectivity index (χ2n) is 5.92. The van der Waals surface area contributed by atoms with Crippen molar-refractivity contribution in [3.8, 4) is 0 Å². The molecule has 3 N–H and O–H groups in total. The van der Waals surface area contributed by atoms with Crippen molar-refractivity contribution in [2.45, 2.75) is 32.4 Å². The van der Waals surface area contributed by atoms with E-state index in [1.54, 1.807) is 13.8 Å². The lowest BCUT2D eigenvalue weighted by atomic mass is 10.1. The standard InChI is InChI=1S/C15H23N3O2/c1-5-16-13-11-7-6-10(8-12(11)17-14(13)19)18(4)9-15(2,3)20/h6-8,13,16,20H,5,9H2,1-4H3,(H,17,19). The SMILES string of the molecule is CCNC1C(=O)Nc2cc(N(C)CC(C)(C)O)ccc21. The fourth-order valence-corrected chi connectivity index (χ4v) is 2.57. The maximum Gasteiger partial charge on any atom is 0.246 e. The van der Waals surface area contributed by atoms with E-state index in [0.29, 0.717) is 6.54 Å². The second kappa shape index (κ2) is 5.42. The molecule has 5 heteroatoms. The van der Waals surface area contributed by atoms with E-state index in [2.05, 4.69) is 10.6 Å². The Morgan fingerprint density at radius 1 is 1.45 bits per heavy atom. The number of carbonyl (C=O) groups is 1. The third kappa shape index (κ3) is 3.11. The Labute approximate surface area is 120 Å². The summed E-state index contributed by atoms with van der Waals surface area (Å²) in [6.07, 6.45) is 0. The lowest BCUT2D eigenvalue weighted by Gasteiger charge is -2.27. The summed E-state index contributed by atoms with van der Waals surface area (Å²) < 4.78 is 0. The van der Waals surface area contributed by atoms with Gasteiger partial charge in [-0.15, -0.1) is 0 Å². The molecule has 0 aliphatic carbocycles. The first-order valence-corrected chi connectivity index (χ1v) is 6.93. The van der Waals surface area contributed by atoms with Crippen molar-refractivity contribution in [2.75, 3.05) is 30.4 Å². The summed E-state index contributed by atoms with van der Waals surface area (Å²) in [6, 6.07) is 5.64. The summed E-state index contributed by atoms with van der Waals surface area (Å²) >= 11 is 0. The van der Waals surface area contributed by atoms with Gasteiger partial charge < -0.3 is 20.6 Å². The van der Waals surface area contributed by atoms with Crippen molar-refractivity contribution in [2.24, 2.45) is 0 Å². The number of rotatable bonds is 5. The quantitative estimate of drug-likeness (QED) is 0.763. The van der Waals surface area contributed by atoms with Crippen LogP contribution in [0.3, 0.4) is 0 Å². The predicted molar refractivity (Wildman–Crippen MR) is 81.1 cm³/mol. The number of hydrogen-bond donors (Lipinski definition) is 3. The minimum absolute atomic E-state index is 0.0101. The largest absolute Gasteiger partial charge is 0.389 e. The van der Waals surface area contributed by atoms with Crippen LogP contribution < -0.4 is 15.5 Å². The maximum atomic E-state index is 11.9. The fraction of sp³-hybridized carbons (Fsp3) is 0.533. The molecular formula is C15H23N3O2. The van der Waals surface area contributed by atoms with Gasteiger partial charge in [-0.05, 0) is 32.5 Å². The third-order valence-electron chi connectivity index (χ3n) is 3.34. The maximum absolute atomic E-state index is 11.9. The molecular weight excluding hydrogens is 254 g/mol. The molecule has 0 fully saturated rings. The predicted octanol–water partition coefficient (Wildman–Crippen LogP) is 1.50. The van der Waals surface area contributed by atoms with Crippen LogP contribution in [-0.4, -0.2) is 36.8 Å². The number of nitrogens with one attached hydrogen (secondary N) is 2. The average Bonchev–Trinajstić information content (AvgIpc) is 2.63. The van der Waals surface area contributed by atoms with E-state index in [1.165, 1.54) is 0 Å². The summed E-state index contributed by atoms with van der Waals surface area (Å²) in [5.74, 6) is -0.0101. The van der Waals surface area contributed by atoms with E-state index in [9.17, 15) is 9.90 Å². The van der Waals surface area contributed by atoms with Crippen molar-refractivity contribution in [3.05, 3.63) is 23.8 Å². The van der Waals surface area contributed by atoms with Gasteiger partial charge in [0, 0.05) is 30.5 Å². The number of anilines is 2. The molecule has 0 radical (unpaired) electrons. The van der Waals surface area contributed by atoms with Gasteiger partial charge in [0.05, 0.1) is 5.60 Å². The smallest absolute Gasteiger partial charge is 0.246 e. The van der Waals surface area contributed by atoms with E-state index >= 15 is 0 Å². The Morgan fingerprint density at radius 2 is 2.15 bits per heavy atom. The fourth-order valence-electron chi connectivity index (χ4n) is 2.57. The molecule has 1 aromatic rings. The third-order valence-corrected chi connectivity index (χ3v) is 3.34. The molecule has 0 spiro atoms. The lowest BCUT2D eigenvalue weighted by Crippen LogP contribution is -2.36. The Hall–Kier alpha value is -1.59. The molecule has 0 saturated carbocycles. The van der Waals surface area contributed by atoms with Gasteiger partial charge in [-0.3, -0.25) is 4.79 Å². The number of carbonyl (C=O) groups excluding carboxylic acids is 1. The van der Waals surface area contributed by atoms with E-state index in [0.717, 1.165) is 23.5 Å². The molecule has 1 aliphatic heterocycles. The summed E-state index contributed by atoms with van der Waals surface area (Å²) in [7, 11) is 1.93. The Balaban J connectivity index is 2.22. The summed E-state index contributed by atoms with van der Waals surface area (Å²) in [4.78, 5) is 13.9. The number of hydrogen-bond acceptors (Lipinski definition) is 4. The normalized spacial score (nSPS) is 17.9. The van der Waals surface area contributed by atoms with Gasteiger partial charge in [-0.25, -0.2) is 0 Å². The Morgan fingerprint density at radius 3 is 2.75 bits per heavy atom. The first-order valence-electron chi connectivity index (χ1n) is 6.93. The molecule has 0 bridgehead atoms. The van der Waals surface area contributed by atoms with E-state index in [4.69, 9.17) is 0 Å². The highest BCUT2D eigenvalue weighted by molar-refractivity contribution is 6.03. The van der Waals surface area contributed by atoms with Crippen LogP contribution in [0.2, 0.25) is 0 Å². The molecule has 1 heterocycles. The van der Waals surface area contributed by atoms with Gasteiger partial charge in [0.1, 0.15) is 6.04 Å². The summed E-state index contributed by atoms with van der Waals surface area (Å²) in [5, 5.41) is 15.9. The first-order chi connectivity index (χ1) is 9.31. The van der Waals surface area contributed by atoms with Gasteiger partial charge in [0.2, 0.25) is 5.91 Å². The topological polar surface area (TPSA) is 64.6 Å². The molecule has 0 aromatic heterocycles. The average molecular weight is 277 g/mol. The molecule has 110 valence electrons. The second-order valence-corrected chi connectivity index (χ2v) is 5.92. The molecule has 2 rings (SSSR count). The Kier molecular flexibility index (Phi) is 4.01. The minimum atomic E-state index is -0.761. The van der Waals surface area contributed by atoms with Gasteiger partial charge in [-0.1, -0.05) is 13.0 Å². The summed E-state index contributed by atoms with van der Waals surface area (Å²) in [6.45, 7) is 6.81. The molecule has 1 unspecified atom stereocenters. The number of nitrogens with zero attached hydrogens (tertiary/aromatic N) is 1. The zero-order valence-electron chi connectivity index (χ0n) is 12.5. The van der Waals surface area contributed by atoms with Crippen LogP contribution in [-0.2, 0) is 4.79 Å². The van der Waals surface area contributed by atoms with Gasteiger partial charge in [0.15, 0.2) is 0 Å². The summed E-state index contributed by atoms with van der Waals surface area (Å²) in [5.41, 5.74) is 2.05. The minimum Gasteiger partial charge on any atom is -0.389 e. The van der Waals surface area contributed by atoms with E-state index in [-0.39, 0.29) is 11.9 Å². The van der Waals surface area contributed by atoms with Crippen LogP contribution in [0.5, 0.6) is 0 Å². The number of aliphatic hydroxyl groups is 1. The van der Waals surface area contributed by atoms with Crippen LogP contribution >= 0.6 is 0 Å². The van der Waals surface area contributed by atoms with Crippen LogP contribution in [0.25, 0.3) is 0 Å². The van der Waals surface area contributed by atoms with Gasteiger partial charge >= 0.3 is 0 Å². The van der Waals surface area contributed by atoms with E-state index in [1.807, 2.05) is 37.1 Å². The zero-order valence-corrected chi connectivity index (χ0v) is 12.5. The molecule has 1 aliphatic rings. The first kappa shape index (κ1) is 14.8. The van der Waals surface area contributed by atoms with Crippen LogP contribution in [0, 0.1) is 0 Å². The van der Waals surface area contributed by atoms with Crippen LogP contribution in [0.4, 0.5) is 11.4 Å².